The van der Waals surface area contributed by atoms with Crippen molar-refractivity contribution in [2.45, 2.75) is 13.3 Å². The van der Waals surface area contributed by atoms with Crippen LogP contribution in [0.1, 0.15) is 13.3 Å². The minimum absolute atomic E-state index is 0.281. The highest BCUT2D eigenvalue weighted by molar-refractivity contribution is 7.80. The Morgan fingerprint density at radius 2 is 1.89 bits per heavy atom. The van der Waals surface area contributed by atoms with Crippen LogP contribution in [0.5, 0.6) is 5.75 Å². The van der Waals surface area contributed by atoms with Gasteiger partial charge in [-0.15, -0.1) is 0 Å². The topological polar surface area (TPSA) is 44.3 Å². The van der Waals surface area contributed by atoms with Crippen molar-refractivity contribution in [1.82, 2.24) is 5.32 Å². The van der Waals surface area contributed by atoms with Gasteiger partial charge in [0.15, 0.2) is 5.11 Å². The van der Waals surface area contributed by atoms with Crippen molar-refractivity contribution in [1.29, 1.82) is 0 Å². The first-order valence-corrected chi connectivity index (χ1v) is 6.38. The molecule has 94 valence electrons. The molecule has 2 aromatic carbocycles. The lowest BCUT2D eigenvalue weighted by Gasteiger charge is -2.12. The second-order valence-electron chi connectivity index (χ2n) is 4.06. The van der Waals surface area contributed by atoms with E-state index < -0.39 is 0 Å². The maximum absolute atomic E-state index is 9.79. The molecule has 0 bridgehead atoms. The number of nitrogens with one attached hydrogen (secondary N) is 2. The summed E-state index contributed by atoms with van der Waals surface area (Å²) in [7, 11) is 0. The molecule has 0 saturated carbocycles. The van der Waals surface area contributed by atoms with Crippen LogP contribution in [-0.2, 0) is 0 Å². The normalized spacial score (nSPS) is 10.3. The zero-order valence-corrected chi connectivity index (χ0v) is 11.1. The van der Waals surface area contributed by atoms with Crippen molar-refractivity contribution in [3.8, 4) is 5.75 Å². The summed E-state index contributed by atoms with van der Waals surface area (Å²) < 4.78 is 0. The molecule has 0 atom stereocenters. The molecule has 0 radical (unpaired) electrons. The van der Waals surface area contributed by atoms with Gasteiger partial charge in [-0.3, -0.25) is 0 Å². The zero-order chi connectivity index (χ0) is 13.0. The van der Waals surface area contributed by atoms with Gasteiger partial charge in [-0.25, -0.2) is 0 Å². The predicted octanol–water partition coefficient (Wildman–Crippen LogP) is 3.24. The van der Waals surface area contributed by atoms with Gasteiger partial charge in [0.25, 0.3) is 0 Å². The number of phenolic OH excluding ortho intramolecular Hbond substituents is 1. The van der Waals surface area contributed by atoms with Gasteiger partial charge >= 0.3 is 0 Å². The molecule has 0 aliphatic heterocycles. The summed E-state index contributed by atoms with van der Waals surface area (Å²) in [4.78, 5) is 0. The van der Waals surface area contributed by atoms with Gasteiger partial charge in [0.05, 0.1) is 0 Å². The molecule has 0 saturated heterocycles. The van der Waals surface area contributed by atoms with Crippen LogP contribution >= 0.6 is 12.2 Å². The first-order chi connectivity index (χ1) is 8.72. The van der Waals surface area contributed by atoms with E-state index in [2.05, 4.69) is 17.6 Å². The van der Waals surface area contributed by atoms with E-state index in [9.17, 15) is 5.11 Å². The Morgan fingerprint density at radius 3 is 2.67 bits per heavy atom. The Bertz CT molecular complexity index is 569. The zero-order valence-electron chi connectivity index (χ0n) is 10.2. The Morgan fingerprint density at radius 1 is 1.17 bits per heavy atom. The van der Waals surface area contributed by atoms with Crippen LogP contribution in [0.2, 0.25) is 0 Å². The minimum atomic E-state index is 0.281. The summed E-state index contributed by atoms with van der Waals surface area (Å²) in [5, 5.41) is 18.5. The van der Waals surface area contributed by atoms with Crippen LogP contribution in [0, 0.1) is 0 Å². The number of benzene rings is 2. The van der Waals surface area contributed by atoms with Gasteiger partial charge in [-0.05, 0) is 30.8 Å². The van der Waals surface area contributed by atoms with E-state index in [4.69, 9.17) is 12.2 Å². The first-order valence-electron chi connectivity index (χ1n) is 5.98. The Kier molecular flexibility index (Phi) is 3.99. The first kappa shape index (κ1) is 12.6. The van der Waals surface area contributed by atoms with Crippen molar-refractivity contribution in [2.24, 2.45) is 0 Å². The predicted molar refractivity (Wildman–Crippen MR) is 80.1 cm³/mol. The highest BCUT2D eigenvalue weighted by atomic mass is 32.1. The molecule has 3 N–H and O–H groups in total. The summed E-state index contributed by atoms with van der Waals surface area (Å²) >= 11 is 5.21. The number of thiocarbonyl (C=S) groups is 1. The Labute approximate surface area is 112 Å². The summed E-state index contributed by atoms with van der Waals surface area (Å²) in [5.74, 6) is 0.281. The molecular formula is C14H16N2OS. The molecule has 4 heteroatoms. The van der Waals surface area contributed by atoms with Crippen molar-refractivity contribution in [2.75, 3.05) is 11.9 Å². The number of anilines is 1. The number of hydrogen-bond donors (Lipinski definition) is 3. The third kappa shape index (κ3) is 2.71. The van der Waals surface area contributed by atoms with Crippen LogP contribution in [0.3, 0.4) is 0 Å². The van der Waals surface area contributed by atoms with Crippen LogP contribution in [0.15, 0.2) is 36.4 Å². The van der Waals surface area contributed by atoms with Crippen LogP contribution in [0.4, 0.5) is 5.69 Å². The molecule has 2 rings (SSSR count). The minimum Gasteiger partial charge on any atom is -0.507 e. The maximum Gasteiger partial charge on any atom is 0.170 e. The molecule has 0 amide bonds. The van der Waals surface area contributed by atoms with Gasteiger partial charge in [-0.2, -0.15) is 0 Å². The van der Waals surface area contributed by atoms with Gasteiger partial charge in [0.2, 0.25) is 0 Å². The lowest BCUT2D eigenvalue weighted by atomic mass is 10.1. The highest BCUT2D eigenvalue weighted by Crippen LogP contribution is 2.29. The highest BCUT2D eigenvalue weighted by Gasteiger charge is 2.04. The molecule has 0 unspecified atom stereocenters. The number of aromatic hydroxyl groups is 1. The summed E-state index contributed by atoms with van der Waals surface area (Å²) in [6.45, 7) is 2.94. The smallest absolute Gasteiger partial charge is 0.170 e. The Hall–Kier alpha value is -1.81. The molecule has 2 aromatic rings. The van der Waals surface area contributed by atoms with Crippen molar-refractivity contribution < 1.29 is 5.11 Å². The number of rotatable bonds is 3. The summed E-state index contributed by atoms with van der Waals surface area (Å²) in [5.41, 5.74) is 0.900. The third-order valence-electron chi connectivity index (χ3n) is 2.68. The van der Waals surface area contributed by atoms with E-state index in [0.717, 1.165) is 29.4 Å². The lowest BCUT2D eigenvalue weighted by molar-refractivity contribution is 0.481. The fourth-order valence-electron chi connectivity index (χ4n) is 1.81. The van der Waals surface area contributed by atoms with Gasteiger partial charge in [-0.1, -0.05) is 31.2 Å². The van der Waals surface area contributed by atoms with Crippen molar-refractivity contribution >= 4 is 33.8 Å². The van der Waals surface area contributed by atoms with Crippen LogP contribution < -0.4 is 10.6 Å². The quantitative estimate of drug-likeness (QED) is 0.741. The maximum atomic E-state index is 9.79. The van der Waals surface area contributed by atoms with E-state index in [1.807, 2.05) is 30.3 Å². The van der Waals surface area contributed by atoms with Gasteiger partial charge in [0, 0.05) is 23.0 Å². The molecule has 0 heterocycles. The van der Waals surface area contributed by atoms with E-state index in [0.29, 0.717) is 5.11 Å². The molecule has 3 nitrogen and oxygen atoms in total. The van der Waals surface area contributed by atoms with Crippen LogP contribution in [-0.4, -0.2) is 16.8 Å². The fraction of sp³-hybridized carbons (Fsp3) is 0.214. The van der Waals surface area contributed by atoms with E-state index >= 15 is 0 Å². The largest absolute Gasteiger partial charge is 0.507 e. The molecule has 18 heavy (non-hydrogen) atoms. The van der Waals surface area contributed by atoms with Crippen molar-refractivity contribution in [3.05, 3.63) is 36.4 Å². The molecule has 0 aliphatic rings. The number of phenols is 1. The summed E-state index contributed by atoms with van der Waals surface area (Å²) in [6.07, 6.45) is 1.03. The Balaban J connectivity index is 2.28. The third-order valence-corrected chi connectivity index (χ3v) is 2.93. The molecule has 0 aliphatic carbocycles. The monoisotopic (exact) mass is 260 g/mol. The van der Waals surface area contributed by atoms with Crippen molar-refractivity contribution in [3.63, 3.8) is 0 Å². The van der Waals surface area contributed by atoms with E-state index in [1.165, 1.54) is 0 Å². The summed E-state index contributed by atoms with van der Waals surface area (Å²) in [6, 6.07) is 11.2. The van der Waals surface area contributed by atoms with E-state index in [-0.39, 0.29) is 5.75 Å². The second-order valence-corrected chi connectivity index (χ2v) is 4.47. The molecule has 0 fully saturated rings. The molecule has 0 spiro atoms. The average Bonchev–Trinajstić information content (AvgIpc) is 2.38. The standard InChI is InChI=1S/C14H16N2OS/c1-2-9-15-14(18)16-12-7-3-6-11-10(12)5-4-8-13(11)17/h3-8,17H,2,9H2,1H3,(H2,15,16,18). The molecule has 0 aromatic heterocycles. The number of hydrogen-bond acceptors (Lipinski definition) is 2. The fourth-order valence-corrected chi connectivity index (χ4v) is 2.02. The van der Waals surface area contributed by atoms with E-state index in [1.54, 1.807) is 6.07 Å². The van der Waals surface area contributed by atoms with Gasteiger partial charge in [0.1, 0.15) is 5.75 Å². The van der Waals surface area contributed by atoms with Gasteiger partial charge < -0.3 is 15.7 Å². The molecular weight excluding hydrogens is 244 g/mol. The average molecular weight is 260 g/mol. The second kappa shape index (κ2) is 5.69. The van der Waals surface area contributed by atoms with Crippen LogP contribution in [0.25, 0.3) is 10.8 Å². The SMILES string of the molecule is CCCNC(=S)Nc1cccc2c(O)cccc12. The lowest BCUT2D eigenvalue weighted by Crippen LogP contribution is -2.28. The number of fused-ring (bicyclic) bond motifs is 1.